The Morgan fingerprint density at radius 2 is 0.676 bits per heavy atom. The van der Waals surface area contributed by atoms with Crippen molar-refractivity contribution >= 4 is 5.91 Å². The van der Waals surface area contributed by atoms with Gasteiger partial charge in [-0.1, -0.05) is 325 Å². The van der Waals surface area contributed by atoms with E-state index in [9.17, 15) is 61.0 Å². The van der Waals surface area contributed by atoms with Crippen molar-refractivity contribution in [1.82, 2.24) is 5.32 Å². The first-order valence-corrected chi connectivity index (χ1v) is 41.5. The van der Waals surface area contributed by atoms with Gasteiger partial charge in [0.1, 0.15) is 73.2 Å². The lowest BCUT2D eigenvalue weighted by Gasteiger charge is -2.48. The molecule has 17 unspecified atom stereocenters. The molecule has 3 heterocycles. The molecule has 0 aliphatic carbocycles. The number of carbonyl (C=O) groups excluding carboxylic acids is 1. The van der Waals surface area contributed by atoms with Gasteiger partial charge in [-0.25, -0.2) is 0 Å². The molecule has 0 aromatic rings. The lowest BCUT2D eigenvalue weighted by Crippen LogP contribution is -2.66. The average Bonchev–Trinajstić information content (AvgIpc) is 0.781. The normalized spacial score (nSPS) is 26.5. The van der Waals surface area contributed by atoms with Crippen LogP contribution in [0.15, 0.2) is 60.8 Å². The number of aliphatic hydroxyl groups is 11. The highest BCUT2D eigenvalue weighted by Crippen LogP contribution is 2.33. The summed E-state index contributed by atoms with van der Waals surface area (Å²) in [5.74, 6) is -0.240. The second-order valence-electron chi connectivity index (χ2n) is 29.6. The Balaban J connectivity index is 1.35. The molecule has 3 aliphatic heterocycles. The number of hydrogen-bond donors (Lipinski definition) is 12. The molecular formula is C83H151NO18. The maximum Gasteiger partial charge on any atom is 0.220 e. The summed E-state index contributed by atoms with van der Waals surface area (Å²) in [6, 6.07) is -0.891. The summed E-state index contributed by atoms with van der Waals surface area (Å²) in [4.78, 5) is 13.5. The largest absolute Gasteiger partial charge is 0.394 e. The molecule has 19 heteroatoms. The van der Waals surface area contributed by atoms with Gasteiger partial charge in [0.25, 0.3) is 0 Å². The first-order valence-electron chi connectivity index (χ1n) is 41.5. The lowest BCUT2D eigenvalue weighted by molar-refractivity contribution is -0.379. The Morgan fingerprint density at radius 3 is 1.06 bits per heavy atom. The van der Waals surface area contributed by atoms with Gasteiger partial charge < -0.3 is 89.9 Å². The first kappa shape index (κ1) is 93.7. The van der Waals surface area contributed by atoms with E-state index in [2.05, 4.69) is 79.9 Å². The summed E-state index contributed by atoms with van der Waals surface area (Å²) in [5.41, 5.74) is 0. The third-order valence-corrected chi connectivity index (χ3v) is 20.6. The fraction of sp³-hybridized carbons (Fsp3) is 0.867. The van der Waals surface area contributed by atoms with Crippen LogP contribution in [0.3, 0.4) is 0 Å². The van der Waals surface area contributed by atoms with Gasteiger partial charge in [0.15, 0.2) is 18.9 Å². The molecule has 19 nitrogen and oxygen atoms in total. The van der Waals surface area contributed by atoms with E-state index >= 15 is 0 Å². The third-order valence-electron chi connectivity index (χ3n) is 20.6. The molecule has 0 bridgehead atoms. The molecule has 0 aromatic heterocycles. The van der Waals surface area contributed by atoms with Gasteiger partial charge in [0.2, 0.25) is 5.91 Å². The molecular weight excluding hydrogens is 1300 g/mol. The molecule has 3 fully saturated rings. The summed E-state index contributed by atoms with van der Waals surface area (Å²) in [7, 11) is 0. The lowest BCUT2D eigenvalue weighted by atomic mass is 9.96. The van der Waals surface area contributed by atoms with Gasteiger partial charge in [-0.2, -0.15) is 0 Å². The van der Waals surface area contributed by atoms with Gasteiger partial charge in [-0.15, -0.1) is 0 Å². The van der Waals surface area contributed by atoms with Crippen LogP contribution < -0.4 is 5.32 Å². The highest BCUT2D eigenvalue weighted by atomic mass is 16.8. The molecule has 17 atom stereocenters. The molecule has 0 spiro atoms. The van der Waals surface area contributed by atoms with Crippen LogP contribution >= 0.6 is 0 Å². The van der Waals surface area contributed by atoms with Crippen LogP contribution in [0.25, 0.3) is 0 Å². The number of hydrogen-bond acceptors (Lipinski definition) is 18. The second-order valence-corrected chi connectivity index (χ2v) is 29.6. The van der Waals surface area contributed by atoms with E-state index in [4.69, 9.17) is 28.4 Å². The third kappa shape index (κ3) is 42.9. The molecule has 0 radical (unpaired) electrons. The van der Waals surface area contributed by atoms with Crippen LogP contribution in [0.5, 0.6) is 0 Å². The van der Waals surface area contributed by atoms with Crippen molar-refractivity contribution < 1.29 is 89.4 Å². The fourth-order valence-corrected chi connectivity index (χ4v) is 14.0. The number of carbonyl (C=O) groups is 1. The van der Waals surface area contributed by atoms with E-state index in [-0.39, 0.29) is 18.9 Å². The Hall–Kier alpha value is -2.51. The van der Waals surface area contributed by atoms with Crippen molar-refractivity contribution in [1.29, 1.82) is 0 Å². The highest BCUT2D eigenvalue weighted by Gasteiger charge is 2.54. The Morgan fingerprint density at radius 1 is 0.363 bits per heavy atom. The number of allylic oxidation sites excluding steroid dienone is 10. The van der Waals surface area contributed by atoms with Crippen LogP contribution in [0.2, 0.25) is 0 Å². The van der Waals surface area contributed by atoms with Gasteiger partial charge in [-0.3, -0.25) is 4.79 Å². The van der Waals surface area contributed by atoms with Crippen LogP contribution in [0, 0.1) is 0 Å². The summed E-state index contributed by atoms with van der Waals surface area (Å²) in [6.07, 6.45) is 54.5. The quantitative estimate of drug-likeness (QED) is 0.0199. The average molecular weight is 1450 g/mol. The van der Waals surface area contributed by atoms with E-state index in [0.29, 0.717) is 12.8 Å². The van der Waals surface area contributed by atoms with E-state index in [1.807, 2.05) is 0 Å². The zero-order valence-electron chi connectivity index (χ0n) is 63.8. The standard InChI is InChI=1S/C83H151NO18/c1-3-5-7-9-11-13-15-17-19-21-23-25-27-29-31-32-33-34-35-37-39-41-43-45-47-49-51-53-55-57-59-61-71(89)84-66(67(88)60-58-56-54-52-50-48-46-44-42-40-38-36-30-28-26-24-22-20-18-16-14-12-10-8-6-4-2)65-97-81-77(95)74(92)79(69(63-86)99-81)102-83-78(96)75(93)80(70(64-87)100-83)101-82-76(94)73(91)72(90)68(62-85)98-82/h5,7,11,13,17,19,23,25,29,31,66-70,72-83,85-88,90-96H,3-4,6,8-10,12,14-16,18,20-22,24,26-28,30,32-65H2,1-2H3,(H,84,89)/b7-5-,13-11-,19-17-,25-23-,31-29-. The zero-order valence-corrected chi connectivity index (χ0v) is 63.8. The monoisotopic (exact) mass is 1450 g/mol. The van der Waals surface area contributed by atoms with Crippen LogP contribution in [0.1, 0.15) is 328 Å². The Bertz CT molecular complexity index is 2080. The number of nitrogens with one attached hydrogen (secondary N) is 1. The van der Waals surface area contributed by atoms with Crippen molar-refractivity contribution in [3.63, 3.8) is 0 Å². The van der Waals surface area contributed by atoms with Gasteiger partial charge in [0, 0.05) is 6.42 Å². The van der Waals surface area contributed by atoms with Crippen LogP contribution in [0.4, 0.5) is 0 Å². The maximum absolute atomic E-state index is 13.5. The van der Waals surface area contributed by atoms with Crippen molar-refractivity contribution in [3.05, 3.63) is 60.8 Å². The molecule has 3 aliphatic rings. The van der Waals surface area contributed by atoms with E-state index < -0.39 is 124 Å². The molecule has 596 valence electrons. The van der Waals surface area contributed by atoms with Crippen LogP contribution in [-0.2, 0) is 33.2 Å². The van der Waals surface area contributed by atoms with Gasteiger partial charge in [-0.05, 0) is 57.8 Å². The van der Waals surface area contributed by atoms with Gasteiger partial charge in [0.05, 0.1) is 38.6 Å². The minimum Gasteiger partial charge on any atom is -0.394 e. The van der Waals surface area contributed by atoms with Gasteiger partial charge >= 0.3 is 0 Å². The van der Waals surface area contributed by atoms with E-state index in [0.717, 1.165) is 77.0 Å². The summed E-state index contributed by atoms with van der Waals surface area (Å²) in [6.45, 7) is 1.73. The molecule has 0 aromatic carbocycles. The van der Waals surface area contributed by atoms with Crippen LogP contribution in [-0.4, -0.2) is 193 Å². The Kier molecular flexibility index (Phi) is 58.3. The SMILES string of the molecule is CC/C=C\C/C=C\C/C=C\C/C=C\C/C=C\CCCCCCCCCCCCCCCCCC(=O)NC(COC1OC(CO)C(OC2OC(CO)C(OC3OC(CO)C(O)C(O)C3O)C(O)C2O)C(O)C1O)C(O)CCCCCCCCCCCCCCCCCCCCCCCCCCCC. The minimum absolute atomic E-state index is 0.240. The number of aliphatic hydroxyl groups excluding tert-OH is 11. The highest BCUT2D eigenvalue weighted by molar-refractivity contribution is 5.76. The number of rotatable bonds is 66. The molecule has 102 heavy (non-hydrogen) atoms. The molecule has 3 saturated heterocycles. The summed E-state index contributed by atoms with van der Waals surface area (Å²) < 4.78 is 34.6. The van der Waals surface area contributed by atoms with Crippen molar-refractivity contribution in [2.75, 3.05) is 26.4 Å². The second kappa shape index (κ2) is 63.4. The smallest absolute Gasteiger partial charge is 0.220 e. The van der Waals surface area contributed by atoms with E-state index in [1.54, 1.807) is 0 Å². The number of amides is 1. The summed E-state index contributed by atoms with van der Waals surface area (Å²) in [5, 5.41) is 121. The number of ether oxygens (including phenoxy) is 6. The predicted octanol–water partition coefficient (Wildman–Crippen LogP) is 14.2. The van der Waals surface area contributed by atoms with E-state index in [1.165, 1.54) is 218 Å². The van der Waals surface area contributed by atoms with Crippen molar-refractivity contribution in [3.8, 4) is 0 Å². The molecule has 12 N–H and O–H groups in total. The fourth-order valence-electron chi connectivity index (χ4n) is 14.0. The topological polar surface area (TPSA) is 307 Å². The zero-order chi connectivity index (χ0) is 73.9. The predicted molar refractivity (Wildman–Crippen MR) is 406 cm³/mol. The Labute approximate surface area is 617 Å². The molecule has 3 rings (SSSR count). The molecule has 1 amide bonds. The molecule has 0 saturated carbocycles. The van der Waals surface area contributed by atoms with Crippen molar-refractivity contribution in [2.45, 2.75) is 433 Å². The summed E-state index contributed by atoms with van der Waals surface area (Å²) >= 11 is 0. The van der Waals surface area contributed by atoms with Crippen molar-refractivity contribution in [2.24, 2.45) is 0 Å². The minimum atomic E-state index is -1.97. The first-order chi connectivity index (χ1) is 49.8. The number of unbranched alkanes of at least 4 members (excludes halogenated alkanes) is 40. The maximum atomic E-state index is 13.5.